The maximum absolute atomic E-state index is 5.57. The number of para-hydroxylation sites is 1. The molecule has 0 radical (unpaired) electrons. The minimum Gasteiger partial charge on any atom is -0.328 e. The molecule has 4 heteroatoms. The monoisotopic (exact) mass is 176 g/mol. The van der Waals surface area contributed by atoms with E-state index in [-0.39, 0.29) is 6.04 Å². The van der Waals surface area contributed by atoms with Crippen molar-refractivity contribution in [3.63, 3.8) is 0 Å². The molecule has 0 amide bonds. The first kappa shape index (κ1) is 8.19. The highest BCUT2D eigenvalue weighted by Crippen LogP contribution is 2.13. The van der Waals surface area contributed by atoms with E-state index in [1.54, 1.807) is 0 Å². The van der Waals surface area contributed by atoms with Gasteiger partial charge < -0.3 is 5.73 Å². The van der Waals surface area contributed by atoms with E-state index < -0.39 is 0 Å². The third kappa shape index (κ3) is 1.29. The van der Waals surface area contributed by atoms with E-state index >= 15 is 0 Å². The second kappa shape index (κ2) is 3.14. The zero-order valence-corrected chi connectivity index (χ0v) is 7.51. The Hall–Kier alpha value is -1.42. The first-order chi connectivity index (χ1) is 6.33. The summed E-state index contributed by atoms with van der Waals surface area (Å²) >= 11 is 0. The van der Waals surface area contributed by atoms with Crippen LogP contribution in [0.1, 0.15) is 13.0 Å². The van der Waals surface area contributed by atoms with E-state index in [2.05, 4.69) is 10.3 Å². The van der Waals surface area contributed by atoms with E-state index in [1.807, 2.05) is 35.9 Å². The summed E-state index contributed by atoms with van der Waals surface area (Å²) in [6.07, 6.45) is 0. The summed E-state index contributed by atoms with van der Waals surface area (Å²) in [6, 6.07) is 8.08. The molecule has 0 aliphatic rings. The molecule has 1 aromatic heterocycles. The summed E-state index contributed by atoms with van der Waals surface area (Å²) in [7, 11) is 0. The van der Waals surface area contributed by atoms with Crippen molar-refractivity contribution < 1.29 is 0 Å². The van der Waals surface area contributed by atoms with Crippen LogP contribution in [0.15, 0.2) is 24.3 Å². The van der Waals surface area contributed by atoms with Gasteiger partial charge in [-0.15, -0.1) is 5.10 Å². The molecule has 0 fully saturated rings. The smallest absolute Gasteiger partial charge is 0.113 e. The van der Waals surface area contributed by atoms with Gasteiger partial charge in [0.1, 0.15) is 5.52 Å². The molecule has 2 aromatic rings. The first-order valence-corrected chi connectivity index (χ1v) is 4.33. The van der Waals surface area contributed by atoms with Gasteiger partial charge in [-0.1, -0.05) is 17.3 Å². The topological polar surface area (TPSA) is 56.7 Å². The fraction of sp³-hybridized carbons (Fsp3) is 0.333. The number of aromatic nitrogens is 3. The third-order valence-corrected chi connectivity index (χ3v) is 2.14. The highest BCUT2D eigenvalue weighted by molar-refractivity contribution is 5.73. The third-order valence-electron chi connectivity index (χ3n) is 2.14. The predicted molar refractivity (Wildman–Crippen MR) is 51.3 cm³/mol. The predicted octanol–water partition coefficient (Wildman–Crippen LogP) is 0.951. The Morgan fingerprint density at radius 1 is 1.46 bits per heavy atom. The summed E-state index contributed by atoms with van der Waals surface area (Å²) in [5, 5.41) is 8.10. The fourth-order valence-corrected chi connectivity index (χ4v) is 1.31. The molecule has 2 N–H and O–H groups in total. The van der Waals surface area contributed by atoms with Gasteiger partial charge in [-0.05, 0) is 19.1 Å². The second-order valence-electron chi connectivity index (χ2n) is 3.11. The molecule has 0 saturated heterocycles. The second-order valence-corrected chi connectivity index (χ2v) is 3.11. The highest BCUT2D eigenvalue weighted by atomic mass is 15.4. The summed E-state index contributed by atoms with van der Waals surface area (Å²) in [4.78, 5) is 0. The van der Waals surface area contributed by atoms with Crippen LogP contribution in [0.2, 0.25) is 0 Å². The van der Waals surface area contributed by atoms with Crippen LogP contribution < -0.4 is 5.73 Å². The number of nitrogens with two attached hydrogens (primary N) is 1. The average Bonchev–Trinajstić information content (AvgIpc) is 2.60. The van der Waals surface area contributed by atoms with E-state index in [0.29, 0.717) is 6.54 Å². The number of fused-ring (bicyclic) bond motifs is 1. The van der Waals surface area contributed by atoms with Gasteiger partial charge in [0.2, 0.25) is 0 Å². The van der Waals surface area contributed by atoms with Crippen LogP contribution in [0.5, 0.6) is 0 Å². The van der Waals surface area contributed by atoms with Crippen LogP contribution >= 0.6 is 0 Å². The van der Waals surface area contributed by atoms with Crippen LogP contribution in [0.25, 0.3) is 11.0 Å². The van der Waals surface area contributed by atoms with Crippen LogP contribution in [0, 0.1) is 0 Å². The molecular formula is C9H12N4. The number of hydrogen-bond acceptors (Lipinski definition) is 3. The Labute approximate surface area is 76.3 Å². The van der Waals surface area contributed by atoms with Crippen molar-refractivity contribution in [2.75, 3.05) is 6.54 Å². The van der Waals surface area contributed by atoms with Gasteiger partial charge in [0.15, 0.2) is 0 Å². The average molecular weight is 176 g/mol. The molecule has 4 nitrogen and oxygen atoms in total. The summed E-state index contributed by atoms with van der Waals surface area (Å²) in [5.41, 5.74) is 7.53. The van der Waals surface area contributed by atoms with Crippen molar-refractivity contribution in [3.05, 3.63) is 24.3 Å². The highest BCUT2D eigenvalue weighted by Gasteiger charge is 2.07. The summed E-state index contributed by atoms with van der Waals surface area (Å²) < 4.78 is 1.86. The zero-order valence-electron chi connectivity index (χ0n) is 7.51. The van der Waals surface area contributed by atoms with Gasteiger partial charge in [-0.3, -0.25) is 0 Å². The van der Waals surface area contributed by atoms with Crippen molar-refractivity contribution in [1.82, 2.24) is 15.0 Å². The van der Waals surface area contributed by atoms with E-state index in [4.69, 9.17) is 5.73 Å². The van der Waals surface area contributed by atoms with Gasteiger partial charge in [0.05, 0.1) is 11.6 Å². The number of benzene rings is 1. The van der Waals surface area contributed by atoms with E-state index in [9.17, 15) is 0 Å². The van der Waals surface area contributed by atoms with E-state index in [1.165, 1.54) is 0 Å². The van der Waals surface area contributed by atoms with Crippen molar-refractivity contribution in [2.24, 2.45) is 5.73 Å². The van der Waals surface area contributed by atoms with Gasteiger partial charge in [0, 0.05) is 6.54 Å². The number of hydrogen-bond donors (Lipinski definition) is 1. The molecule has 0 bridgehead atoms. The molecule has 1 aromatic carbocycles. The Morgan fingerprint density at radius 2 is 2.23 bits per heavy atom. The minimum absolute atomic E-state index is 0.201. The molecule has 1 atom stereocenters. The molecule has 1 heterocycles. The summed E-state index contributed by atoms with van der Waals surface area (Å²) in [6.45, 7) is 2.61. The lowest BCUT2D eigenvalue weighted by Gasteiger charge is -2.08. The molecular weight excluding hydrogens is 164 g/mol. The molecule has 2 rings (SSSR count). The molecule has 0 aliphatic heterocycles. The Bertz CT molecular complexity index is 407. The van der Waals surface area contributed by atoms with Crippen molar-refractivity contribution >= 4 is 11.0 Å². The Balaban J connectivity index is 2.57. The minimum atomic E-state index is 0.201. The quantitative estimate of drug-likeness (QED) is 0.741. The lowest BCUT2D eigenvalue weighted by molar-refractivity contribution is 0.500. The Kier molecular flexibility index (Phi) is 1.98. The lowest BCUT2D eigenvalue weighted by atomic mass is 10.3. The van der Waals surface area contributed by atoms with Crippen molar-refractivity contribution in [1.29, 1.82) is 0 Å². The van der Waals surface area contributed by atoms with Gasteiger partial charge >= 0.3 is 0 Å². The molecule has 0 spiro atoms. The lowest BCUT2D eigenvalue weighted by Crippen LogP contribution is -2.17. The number of rotatable bonds is 2. The molecule has 0 saturated carbocycles. The van der Waals surface area contributed by atoms with Crippen LogP contribution in [-0.4, -0.2) is 21.5 Å². The standard InChI is InChI=1S/C9H12N4/c1-7(6-10)13-9-5-3-2-4-8(9)11-12-13/h2-5,7H,6,10H2,1H3. The number of nitrogens with zero attached hydrogens (tertiary/aromatic N) is 3. The zero-order chi connectivity index (χ0) is 9.26. The molecule has 13 heavy (non-hydrogen) atoms. The van der Waals surface area contributed by atoms with Crippen molar-refractivity contribution in [2.45, 2.75) is 13.0 Å². The maximum atomic E-state index is 5.57. The van der Waals surface area contributed by atoms with Gasteiger partial charge in [-0.2, -0.15) is 0 Å². The molecule has 1 unspecified atom stereocenters. The molecule has 0 aliphatic carbocycles. The van der Waals surface area contributed by atoms with Crippen molar-refractivity contribution in [3.8, 4) is 0 Å². The van der Waals surface area contributed by atoms with Crippen LogP contribution in [-0.2, 0) is 0 Å². The van der Waals surface area contributed by atoms with E-state index in [0.717, 1.165) is 11.0 Å². The SMILES string of the molecule is CC(CN)n1nnc2ccccc21. The fourth-order valence-electron chi connectivity index (χ4n) is 1.31. The maximum Gasteiger partial charge on any atom is 0.113 e. The van der Waals surface area contributed by atoms with Gasteiger partial charge in [-0.25, -0.2) is 4.68 Å². The molecule has 68 valence electrons. The van der Waals surface area contributed by atoms with Crippen LogP contribution in [0.4, 0.5) is 0 Å². The van der Waals surface area contributed by atoms with Crippen LogP contribution in [0.3, 0.4) is 0 Å². The Morgan fingerprint density at radius 3 is 3.00 bits per heavy atom. The largest absolute Gasteiger partial charge is 0.328 e. The normalized spacial score (nSPS) is 13.4. The van der Waals surface area contributed by atoms with Gasteiger partial charge in [0.25, 0.3) is 0 Å². The summed E-state index contributed by atoms with van der Waals surface area (Å²) in [5.74, 6) is 0. The first-order valence-electron chi connectivity index (χ1n) is 4.33.